The highest BCUT2D eigenvalue weighted by atomic mass is 35.5. The average molecular weight is 289 g/mol. The van der Waals surface area contributed by atoms with E-state index in [1.165, 1.54) is 32.1 Å². The average Bonchev–Trinajstić information content (AvgIpc) is 2.30. The van der Waals surface area contributed by atoms with Crippen LogP contribution < -0.4 is 0 Å². The molecule has 0 heterocycles. The van der Waals surface area contributed by atoms with Crippen molar-refractivity contribution in [3.05, 3.63) is 33.8 Å². The minimum atomic E-state index is 0.118. The minimum Gasteiger partial charge on any atom is -0.289 e. The van der Waals surface area contributed by atoms with Crippen LogP contribution in [0, 0.1) is 0 Å². The predicted molar refractivity (Wildman–Crippen MR) is 76.0 cm³/mol. The van der Waals surface area contributed by atoms with Crippen LogP contribution in [-0.4, -0.2) is 11.2 Å². The van der Waals surface area contributed by atoms with Gasteiger partial charge >= 0.3 is 0 Å². The van der Waals surface area contributed by atoms with E-state index in [-0.39, 0.29) is 5.52 Å². The van der Waals surface area contributed by atoms with Gasteiger partial charge in [-0.1, -0.05) is 48.5 Å². The Labute approximate surface area is 114 Å². The second-order valence-corrected chi connectivity index (χ2v) is 6.78. The van der Waals surface area contributed by atoms with E-state index >= 15 is 0 Å². The van der Waals surface area contributed by atoms with Crippen LogP contribution in [0.3, 0.4) is 0 Å². The molecule has 4 heteroatoms. The number of rotatable bonds is 3. The summed E-state index contributed by atoms with van der Waals surface area (Å²) >= 11 is 12.1. The van der Waals surface area contributed by atoms with Crippen LogP contribution in [0.4, 0.5) is 0 Å². The molecule has 0 radical (unpaired) electrons. The highest BCUT2D eigenvalue weighted by Gasteiger charge is 2.21. The van der Waals surface area contributed by atoms with Crippen LogP contribution in [-0.2, 0) is 0 Å². The fourth-order valence-corrected chi connectivity index (χ4v) is 4.43. The van der Waals surface area contributed by atoms with Gasteiger partial charge in [-0.25, -0.2) is 0 Å². The van der Waals surface area contributed by atoms with Gasteiger partial charge in [0, 0.05) is 0 Å². The van der Waals surface area contributed by atoms with Crippen molar-refractivity contribution in [3.63, 3.8) is 0 Å². The van der Waals surface area contributed by atoms with E-state index < -0.39 is 0 Å². The van der Waals surface area contributed by atoms with Crippen LogP contribution in [0.5, 0.6) is 0 Å². The van der Waals surface area contributed by atoms with Gasteiger partial charge in [0.2, 0.25) is 0 Å². The van der Waals surface area contributed by atoms with E-state index in [0.29, 0.717) is 29.8 Å². The molecule has 17 heavy (non-hydrogen) atoms. The standard InChI is InChI=1S/C13H15Cl2OP/c14-10-7-4-8-11(15)12(10)13(16)17-9-5-2-1-3-6-9/h4,7-9,17H,1-3,5-6H2. The third-order valence-electron chi connectivity index (χ3n) is 3.13. The molecule has 1 fully saturated rings. The lowest BCUT2D eigenvalue weighted by atomic mass is 10.0. The summed E-state index contributed by atoms with van der Waals surface area (Å²) in [4.78, 5) is 12.2. The molecular weight excluding hydrogens is 274 g/mol. The van der Waals surface area contributed by atoms with Crippen LogP contribution in [0.1, 0.15) is 42.5 Å². The first-order valence-corrected chi connectivity index (χ1v) is 7.76. The van der Waals surface area contributed by atoms with Gasteiger partial charge in [0.15, 0.2) is 5.52 Å². The SMILES string of the molecule is O=C(PC1CCCCC1)c1c(Cl)cccc1Cl. The van der Waals surface area contributed by atoms with Gasteiger partial charge < -0.3 is 0 Å². The Hall–Kier alpha value is -0.100. The van der Waals surface area contributed by atoms with Crippen molar-refractivity contribution in [2.24, 2.45) is 0 Å². The predicted octanol–water partition coefficient (Wildman–Crippen LogP) is 5.14. The quantitative estimate of drug-likeness (QED) is 0.704. The first kappa shape index (κ1) is 13.3. The molecule has 0 amide bonds. The Balaban J connectivity index is 2.08. The summed E-state index contributed by atoms with van der Waals surface area (Å²) in [6.07, 6.45) is 6.16. The van der Waals surface area contributed by atoms with E-state index in [9.17, 15) is 4.79 Å². The van der Waals surface area contributed by atoms with E-state index in [1.807, 2.05) is 0 Å². The lowest BCUT2D eigenvalue weighted by molar-refractivity contribution is 0.108. The normalized spacial score (nSPS) is 17.8. The highest BCUT2D eigenvalue weighted by Crippen LogP contribution is 2.38. The molecule has 92 valence electrons. The molecule has 1 saturated carbocycles. The molecule has 1 aromatic rings. The first-order chi connectivity index (χ1) is 8.18. The molecule has 0 aliphatic heterocycles. The Morgan fingerprint density at radius 2 is 1.71 bits per heavy atom. The van der Waals surface area contributed by atoms with Crippen LogP contribution in [0.2, 0.25) is 10.0 Å². The molecule has 1 atom stereocenters. The minimum absolute atomic E-state index is 0.118. The molecule has 0 spiro atoms. The van der Waals surface area contributed by atoms with Crippen molar-refractivity contribution in [2.75, 3.05) is 0 Å². The molecule has 0 saturated heterocycles. The molecule has 2 rings (SSSR count). The van der Waals surface area contributed by atoms with Crippen molar-refractivity contribution in [2.45, 2.75) is 37.8 Å². The fraction of sp³-hybridized carbons (Fsp3) is 0.462. The van der Waals surface area contributed by atoms with E-state index in [0.717, 1.165) is 0 Å². The zero-order valence-electron chi connectivity index (χ0n) is 9.51. The molecule has 1 aromatic carbocycles. The summed E-state index contributed by atoms with van der Waals surface area (Å²) in [5.74, 6) is 0. The largest absolute Gasteiger partial charge is 0.289 e. The number of hydrogen-bond donors (Lipinski definition) is 0. The number of hydrogen-bond acceptors (Lipinski definition) is 1. The van der Waals surface area contributed by atoms with Gasteiger partial charge in [-0.3, -0.25) is 4.79 Å². The monoisotopic (exact) mass is 288 g/mol. The molecule has 1 nitrogen and oxygen atoms in total. The third kappa shape index (κ3) is 3.44. The second kappa shape index (κ2) is 6.18. The highest BCUT2D eigenvalue weighted by molar-refractivity contribution is 7.59. The molecule has 0 aromatic heterocycles. The molecule has 0 bridgehead atoms. The lowest BCUT2D eigenvalue weighted by Crippen LogP contribution is -2.09. The van der Waals surface area contributed by atoms with Gasteiger partial charge in [-0.15, -0.1) is 0 Å². The van der Waals surface area contributed by atoms with Gasteiger partial charge in [-0.2, -0.15) is 0 Å². The van der Waals surface area contributed by atoms with Gasteiger partial charge in [0.05, 0.1) is 15.6 Å². The zero-order chi connectivity index (χ0) is 12.3. The summed E-state index contributed by atoms with van der Waals surface area (Å²) in [6, 6.07) is 5.23. The number of halogens is 2. The second-order valence-electron chi connectivity index (χ2n) is 4.41. The molecule has 1 aliphatic carbocycles. The maximum atomic E-state index is 12.2. The summed E-state index contributed by atoms with van der Waals surface area (Å²) in [5.41, 5.74) is 1.18. The van der Waals surface area contributed by atoms with E-state index in [1.54, 1.807) is 18.2 Å². The Morgan fingerprint density at radius 3 is 2.29 bits per heavy atom. The number of carbonyl (C=O) groups excluding carboxylic acids is 1. The van der Waals surface area contributed by atoms with Crippen LogP contribution in [0.15, 0.2) is 18.2 Å². The Kier molecular flexibility index (Phi) is 4.85. The van der Waals surface area contributed by atoms with Crippen molar-refractivity contribution in [1.82, 2.24) is 0 Å². The van der Waals surface area contributed by atoms with E-state index in [4.69, 9.17) is 23.2 Å². The maximum absolute atomic E-state index is 12.2. The summed E-state index contributed by atoms with van der Waals surface area (Å²) < 4.78 is 0. The third-order valence-corrected chi connectivity index (χ3v) is 5.26. The van der Waals surface area contributed by atoms with Crippen molar-refractivity contribution >= 4 is 37.3 Å². The summed E-state index contributed by atoms with van der Waals surface area (Å²) in [7, 11) is 0.318. The molecule has 0 N–H and O–H groups in total. The van der Waals surface area contributed by atoms with Gasteiger partial charge in [0.25, 0.3) is 0 Å². The molecule has 1 unspecified atom stereocenters. The lowest BCUT2D eigenvalue weighted by Gasteiger charge is -2.21. The molecule has 1 aliphatic rings. The van der Waals surface area contributed by atoms with Crippen molar-refractivity contribution in [1.29, 1.82) is 0 Å². The maximum Gasteiger partial charge on any atom is 0.184 e. The van der Waals surface area contributed by atoms with Gasteiger partial charge in [-0.05, 0) is 39.2 Å². The zero-order valence-corrected chi connectivity index (χ0v) is 12.0. The first-order valence-electron chi connectivity index (χ1n) is 5.93. The summed E-state index contributed by atoms with van der Waals surface area (Å²) in [6.45, 7) is 0. The smallest absolute Gasteiger partial charge is 0.184 e. The van der Waals surface area contributed by atoms with Crippen molar-refractivity contribution in [3.8, 4) is 0 Å². The van der Waals surface area contributed by atoms with E-state index in [2.05, 4.69) is 0 Å². The fourth-order valence-electron chi connectivity index (χ4n) is 2.22. The topological polar surface area (TPSA) is 17.1 Å². The van der Waals surface area contributed by atoms with Crippen LogP contribution >= 0.6 is 31.8 Å². The molecular formula is C13H15Cl2OP. The Morgan fingerprint density at radius 1 is 1.12 bits per heavy atom. The van der Waals surface area contributed by atoms with Crippen LogP contribution in [0.25, 0.3) is 0 Å². The van der Waals surface area contributed by atoms with Gasteiger partial charge in [0.1, 0.15) is 0 Å². The number of carbonyl (C=O) groups is 1. The summed E-state index contributed by atoms with van der Waals surface area (Å²) in [5, 5.41) is 0.955. The number of benzene rings is 1. The van der Waals surface area contributed by atoms with Crippen molar-refractivity contribution < 1.29 is 4.79 Å². The Bertz CT molecular complexity index is 394.